The molecule has 0 aromatic rings. The molecule has 0 aliphatic carbocycles. The molecule has 0 unspecified atom stereocenters. The molecule has 2 heteroatoms. The van der Waals surface area contributed by atoms with Crippen molar-refractivity contribution >= 4 is 14.8 Å². The van der Waals surface area contributed by atoms with E-state index in [4.69, 9.17) is 7.76 Å². The predicted molar refractivity (Wildman–Crippen MR) is 34.8 cm³/mol. The first-order chi connectivity index (χ1) is 3.18. The van der Waals surface area contributed by atoms with E-state index < -0.39 is 0 Å². The van der Waals surface area contributed by atoms with Crippen LogP contribution in [-0.2, 0) is 0 Å². The summed E-state index contributed by atoms with van der Waals surface area (Å²) in [7, 11) is -0.231. The number of terminal acetylenes is 1. The van der Waals surface area contributed by atoms with Crippen LogP contribution in [-0.4, -0.2) is 21.6 Å². The molecule has 0 aromatic carbocycles. The molecule has 32 valence electrons. The van der Waals surface area contributed by atoms with Crippen LogP contribution in [0.5, 0.6) is 0 Å². The molecular weight excluding hydrogens is 89.8 g/mol. The van der Waals surface area contributed by atoms with Crippen LogP contribution in [0.3, 0.4) is 0 Å². The highest BCUT2D eigenvalue weighted by Crippen LogP contribution is 2.18. The van der Waals surface area contributed by atoms with E-state index in [0.717, 1.165) is 0 Å². The van der Waals surface area contributed by atoms with Crippen molar-refractivity contribution < 1.29 is 0 Å². The molecule has 0 nitrogen and oxygen atoms in total. The topological polar surface area (TPSA) is 0 Å². The quantitative estimate of drug-likeness (QED) is 0.257. The van der Waals surface area contributed by atoms with Crippen LogP contribution in [0.1, 0.15) is 0 Å². The van der Waals surface area contributed by atoms with Crippen LogP contribution in [0.4, 0.5) is 0 Å². The van der Waals surface area contributed by atoms with Crippen molar-refractivity contribution in [1.82, 2.24) is 0 Å². The molecule has 0 saturated carbocycles. The minimum Gasteiger partial charge on any atom is -0.157 e. The lowest BCUT2D eigenvalue weighted by atomic mass is 10.2. The first kappa shape index (κ1) is 4.22. The summed E-state index contributed by atoms with van der Waals surface area (Å²) in [4.78, 5) is 0. The maximum Gasteiger partial charge on any atom is 0.241 e. The molecule has 0 spiro atoms. The predicted octanol–water partition coefficient (Wildman–Crippen LogP) is 0.670. The van der Waals surface area contributed by atoms with Crippen molar-refractivity contribution in [2.75, 3.05) is 13.3 Å². The molecule has 6 heavy (non-hydrogen) atoms. The van der Waals surface area contributed by atoms with Gasteiger partial charge in [-0.3, -0.25) is 0 Å². The third-order valence-corrected chi connectivity index (χ3v) is 0.998. The molecule has 0 aliphatic heterocycles. The SMILES string of the molecule is [2H]B(C#C)P(C)C. The highest BCUT2D eigenvalue weighted by molar-refractivity contribution is 7.86. The largest absolute Gasteiger partial charge is 0.241 e. The highest BCUT2D eigenvalue weighted by atomic mass is 31.1. The molecule has 0 atom stereocenters. The van der Waals surface area contributed by atoms with Gasteiger partial charge in [0.2, 0.25) is 6.96 Å². The van der Waals surface area contributed by atoms with Gasteiger partial charge in [0.05, 0.1) is 0 Å². The Morgan fingerprint density at radius 2 is 2.50 bits per heavy atom. The molecule has 0 fully saturated rings. The van der Waals surface area contributed by atoms with E-state index >= 15 is 0 Å². The number of rotatable bonds is 1. The molecule has 0 radical (unpaired) electrons. The summed E-state index contributed by atoms with van der Waals surface area (Å²) in [6.45, 7) is 3.76. The molecule has 0 N–H and O–H groups in total. The van der Waals surface area contributed by atoms with E-state index in [1.165, 1.54) is 0 Å². The molecule has 0 aliphatic rings. The molecule has 0 rings (SSSR count). The zero-order valence-electron chi connectivity index (χ0n) is 5.10. The lowest BCUT2D eigenvalue weighted by Crippen LogP contribution is -1.76. The van der Waals surface area contributed by atoms with Crippen LogP contribution in [0.25, 0.3) is 0 Å². The third-order valence-electron chi connectivity index (χ3n) is 0.333. The van der Waals surface area contributed by atoms with Gasteiger partial charge >= 0.3 is 0 Å². The van der Waals surface area contributed by atoms with Gasteiger partial charge in [-0.05, 0) is 0 Å². The summed E-state index contributed by atoms with van der Waals surface area (Å²) in [5.41, 5.74) is 0. The summed E-state index contributed by atoms with van der Waals surface area (Å²) >= 11 is 0. The van der Waals surface area contributed by atoms with Gasteiger partial charge in [0.1, 0.15) is 0 Å². The molecule has 0 amide bonds. The summed E-state index contributed by atoms with van der Waals surface area (Å²) in [6, 6.07) is 0. The zero-order valence-corrected chi connectivity index (χ0v) is 5.00. The van der Waals surface area contributed by atoms with E-state index in [0.29, 0.717) is 0 Å². The lowest BCUT2D eigenvalue weighted by molar-refractivity contribution is 2.29. The minimum atomic E-state index is -0.255. The first-order valence-corrected chi connectivity index (χ1v) is 4.04. The Morgan fingerprint density at radius 1 is 2.00 bits per heavy atom. The maximum absolute atomic E-state index is 7.07. The minimum absolute atomic E-state index is 0.231. The van der Waals surface area contributed by atoms with Crippen molar-refractivity contribution in [3.8, 4) is 12.2 Å². The summed E-state index contributed by atoms with van der Waals surface area (Å²) < 4.78 is 7.07. The number of hydrogen-bond donors (Lipinski definition) is 0. The average Bonchev–Trinajstić information content (AvgIpc) is 1.65. The van der Waals surface area contributed by atoms with Crippen molar-refractivity contribution in [2.45, 2.75) is 0 Å². The normalized spacial score (nSPS) is 10.0. The van der Waals surface area contributed by atoms with E-state index in [1.54, 1.807) is 0 Å². The first-order valence-electron chi connectivity index (χ1n) is 2.31. The second-order valence-electron chi connectivity index (χ2n) is 1.26. The summed E-state index contributed by atoms with van der Waals surface area (Å²) in [6.07, 6.45) is 4.95. The van der Waals surface area contributed by atoms with Crippen molar-refractivity contribution in [2.24, 2.45) is 0 Å². The van der Waals surface area contributed by atoms with Crippen LogP contribution >= 0.6 is 7.80 Å². The molecule has 0 heterocycles. The van der Waals surface area contributed by atoms with Gasteiger partial charge < -0.3 is 0 Å². The Morgan fingerprint density at radius 3 is 2.50 bits per heavy atom. The molecule has 0 bridgehead atoms. The smallest absolute Gasteiger partial charge is 0.157 e. The standard InChI is InChI=1S/C4H8BP/c1-4-5-6(2)3/h1,5H,2-3H3/i5D. The van der Waals surface area contributed by atoms with Gasteiger partial charge in [-0.1, -0.05) is 13.3 Å². The number of hydrogen-bond acceptors (Lipinski definition) is 0. The summed E-state index contributed by atoms with van der Waals surface area (Å²) in [5, 5.41) is 0. The van der Waals surface area contributed by atoms with E-state index in [9.17, 15) is 0 Å². The fourth-order valence-corrected chi connectivity index (χ4v) is 0.447. The van der Waals surface area contributed by atoms with Gasteiger partial charge in [-0.25, -0.2) is 0 Å². The van der Waals surface area contributed by atoms with Crippen molar-refractivity contribution in [3.63, 3.8) is 0 Å². The van der Waals surface area contributed by atoms with E-state index in [1.807, 2.05) is 13.3 Å². The van der Waals surface area contributed by atoms with Crippen molar-refractivity contribution in [1.29, 1.82) is 1.34 Å². The second-order valence-corrected chi connectivity index (χ2v) is 3.44. The Bertz CT molecular complexity index is 86.2. The lowest BCUT2D eigenvalue weighted by Gasteiger charge is -1.89. The Hall–Kier alpha value is 0.0549. The molecule has 0 aromatic heterocycles. The molecular formula is C4H8BP. The Kier molecular flexibility index (Phi) is 2.29. The molecule has 0 saturated heterocycles. The Labute approximate surface area is 42.6 Å². The zero-order chi connectivity index (χ0) is 5.86. The van der Waals surface area contributed by atoms with Crippen molar-refractivity contribution in [3.05, 3.63) is 0 Å². The fourth-order valence-electron chi connectivity index (χ4n) is 0.149. The maximum atomic E-state index is 7.07. The average molecular weight is 98.9 g/mol. The monoisotopic (exact) mass is 99.1 g/mol. The van der Waals surface area contributed by atoms with Gasteiger partial charge in [-0.2, -0.15) is 5.82 Å². The van der Waals surface area contributed by atoms with Crippen LogP contribution in [0.15, 0.2) is 0 Å². The summed E-state index contributed by atoms with van der Waals surface area (Å²) in [5.74, 6) is 2.36. The van der Waals surface area contributed by atoms with Gasteiger partial charge in [-0.15, -0.1) is 14.2 Å². The van der Waals surface area contributed by atoms with Crippen LogP contribution in [0.2, 0.25) is 0 Å². The van der Waals surface area contributed by atoms with Crippen LogP contribution < -0.4 is 0 Å². The van der Waals surface area contributed by atoms with Gasteiger partial charge in [0, 0.05) is 1.34 Å². The second kappa shape index (κ2) is 3.25. The van der Waals surface area contributed by atoms with Gasteiger partial charge in [0.15, 0.2) is 0 Å². The van der Waals surface area contributed by atoms with E-state index in [2.05, 4.69) is 5.82 Å². The Balaban J connectivity index is 3.40. The third kappa shape index (κ3) is 4.05. The van der Waals surface area contributed by atoms with Gasteiger partial charge in [0.25, 0.3) is 0 Å². The highest BCUT2D eigenvalue weighted by Gasteiger charge is 1.85. The fraction of sp³-hybridized carbons (Fsp3) is 0.500. The van der Waals surface area contributed by atoms with E-state index in [-0.39, 0.29) is 14.8 Å². The van der Waals surface area contributed by atoms with Crippen LogP contribution in [0, 0.1) is 12.2 Å².